The highest BCUT2D eigenvalue weighted by Gasteiger charge is 2.23. The van der Waals surface area contributed by atoms with Gasteiger partial charge in [-0.2, -0.15) is 5.10 Å². The van der Waals surface area contributed by atoms with Gasteiger partial charge >= 0.3 is 0 Å². The average molecular weight is 259 g/mol. The van der Waals surface area contributed by atoms with Crippen molar-refractivity contribution < 1.29 is 4.74 Å². The van der Waals surface area contributed by atoms with Crippen LogP contribution in [0.15, 0.2) is 30.3 Å². The Morgan fingerprint density at radius 3 is 2.42 bits per heavy atom. The predicted octanol–water partition coefficient (Wildman–Crippen LogP) is 2.15. The standard InChI is InChI=1S/C15H21N3O/c1-11-9-13(18(3)17-11)10-15(2,16)12-5-7-14(19-4)8-6-12/h5-9H,10,16H2,1-4H3. The molecule has 0 bridgehead atoms. The SMILES string of the molecule is COc1ccc(C(C)(N)Cc2cc(C)nn2C)cc1. The molecule has 2 rings (SSSR count). The number of aromatic nitrogens is 2. The topological polar surface area (TPSA) is 53.1 Å². The van der Waals surface area contributed by atoms with Crippen LogP contribution in [0.2, 0.25) is 0 Å². The van der Waals surface area contributed by atoms with Crippen LogP contribution in [0.4, 0.5) is 0 Å². The van der Waals surface area contributed by atoms with Crippen LogP contribution in [-0.2, 0) is 19.0 Å². The molecule has 1 atom stereocenters. The zero-order valence-corrected chi connectivity index (χ0v) is 12.0. The molecule has 0 saturated carbocycles. The summed E-state index contributed by atoms with van der Waals surface area (Å²) in [6, 6.07) is 9.99. The molecule has 19 heavy (non-hydrogen) atoms. The van der Waals surface area contributed by atoms with E-state index in [1.54, 1.807) is 7.11 Å². The monoisotopic (exact) mass is 259 g/mol. The lowest BCUT2D eigenvalue weighted by molar-refractivity contribution is 0.413. The number of hydrogen-bond acceptors (Lipinski definition) is 3. The van der Waals surface area contributed by atoms with Crippen LogP contribution in [0.25, 0.3) is 0 Å². The van der Waals surface area contributed by atoms with Crippen molar-refractivity contribution in [3.8, 4) is 5.75 Å². The van der Waals surface area contributed by atoms with Crippen LogP contribution in [0.1, 0.15) is 23.9 Å². The van der Waals surface area contributed by atoms with Gasteiger partial charge in [-0.1, -0.05) is 12.1 Å². The first-order valence-electron chi connectivity index (χ1n) is 6.35. The summed E-state index contributed by atoms with van der Waals surface area (Å²) in [7, 11) is 3.61. The Kier molecular flexibility index (Phi) is 3.62. The minimum atomic E-state index is -0.424. The van der Waals surface area contributed by atoms with Gasteiger partial charge in [0.25, 0.3) is 0 Å². The van der Waals surface area contributed by atoms with Crippen molar-refractivity contribution >= 4 is 0 Å². The molecular formula is C15H21N3O. The summed E-state index contributed by atoms with van der Waals surface area (Å²) >= 11 is 0. The number of benzene rings is 1. The number of methoxy groups -OCH3 is 1. The minimum Gasteiger partial charge on any atom is -0.497 e. The summed E-state index contributed by atoms with van der Waals surface area (Å²) < 4.78 is 7.06. The van der Waals surface area contributed by atoms with E-state index in [-0.39, 0.29) is 0 Å². The minimum absolute atomic E-state index is 0.424. The van der Waals surface area contributed by atoms with Crippen LogP contribution < -0.4 is 10.5 Å². The second kappa shape index (κ2) is 5.05. The van der Waals surface area contributed by atoms with Crippen LogP contribution in [0.3, 0.4) is 0 Å². The average Bonchev–Trinajstić information content (AvgIpc) is 2.67. The lowest BCUT2D eigenvalue weighted by Crippen LogP contribution is -2.36. The molecule has 0 aliphatic rings. The fraction of sp³-hybridized carbons (Fsp3) is 0.400. The molecule has 0 radical (unpaired) electrons. The molecule has 0 aliphatic heterocycles. The van der Waals surface area contributed by atoms with Crippen molar-refractivity contribution in [2.24, 2.45) is 12.8 Å². The fourth-order valence-electron chi connectivity index (χ4n) is 2.28. The van der Waals surface area contributed by atoms with Gasteiger partial charge < -0.3 is 10.5 Å². The van der Waals surface area contributed by atoms with Gasteiger partial charge in [-0.05, 0) is 37.6 Å². The van der Waals surface area contributed by atoms with Crippen molar-refractivity contribution in [3.63, 3.8) is 0 Å². The van der Waals surface area contributed by atoms with Gasteiger partial charge in [0.05, 0.1) is 12.8 Å². The van der Waals surface area contributed by atoms with E-state index in [1.807, 2.05) is 49.8 Å². The maximum Gasteiger partial charge on any atom is 0.118 e. The van der Waals surface area contributed by atoms with Gasteiger partial charge in [0.15, 0.2) is 0 Å². The second-order valence-electron chi connectivity index (χ2n) is 5.22. The number of nitrogens with two attached hydrogens (primary N) is 1. The summed E-state index contributed by atoms with van der Waals surface area (Å²) in [4.78, 5) is 0. The molecule has 0 amide bonds. The maximum atomic E-state index is 6.46. The van der Waals surface area contributed by atoms with Gasteiger partial charge in [-0.25, -0.2) is 0 Å². The van der Waals surface area contributed by atoms with E-state index in [0.717, 1.165) is 29.1 Å². The summed E-state index contributed by atoms with van der Waals surface area (Å²) in [6.07, 6.45) is 0.747. The number of rotatable bonds is 4. The van der Waals surface area contributed by atoms with Crippen molar-refractivity contribution in [1.29, 1.82) is 0 Å². The molecule has 0 aliphatic carbocycles. The van der Waals surface area contributed by atoms with Gasteiger partial charge in [0, 0.05) is 24.7 Å². The Hall–Kier alpha value is -1.81. The largest absolute Gasteiger partial charge is 0.497 e. The molecule has 2 N–H and O–H groups in total. The van der Waals surface area contributed by atoms with Crippen molar-refractivity contribution in [3.05, 3.63) is 47.3 Å². The maximum absolute atomic E-state index is 6.46. The molecule has 4 nitrogen and oxygen atoms in total. The first kappa shape index (κ1) is 13.6. The Bertz CT molecular complexity index is 555. The molecule has 1 aromatic carbocycles. The molecule has 0 saturated heterocycles. The molecule has 2 aromatic rings. The Labute approximate surface area is 114 Å². The van der Waals surface area contributed by atoms with Crippen LogP contribution in [0.5, 0.6) is 5.75 Å². The zero-order chi connectivity index (χ0) is 14.0. The highest BCUT2D eigenvalue weighted by atomic mass is 16.5. The number of hydrogen-bond donors (Lipinski definition) is 1. The molecule has 1 unspecified atom stereocenters. The van der Waals surface area contributed by atoms with Gasteiger partial charge in [-0.15, -0.1) is 0 Å². The van der Waals surface area contributed by atoms with E-state index >= 15 is 0 Å². The molecule has 1 heterocycles. The van der Waals surface area contributed by atoms with E-state index in [2.05, 4.69) is 11.2 Å². The quantitative estimate of drug-likeness (QED) is 0.915. The molecule has 1 aromatic heterocycles. The lowest BCUT2D eigenvalue weighted by Gasteiger charge is -2.25. The fourth-order valence-corrected chi connectivity index (χ4v) is 2.28. The number of aryl methyl sites for hydroxylation is 2. The molecular weight excluding hydrogens is 238 g/mol. The third-order valence-corrected chi connectivity index (χ3v) is 3.40. The Morgan fingerprint density at radius 2 is 1.95 bits per heavy atom. The summed E-state index contributed by atoms with van der Waals surface area (Å²) in [5.41, 5.74) is 9.28. The van der Waals surface area contributed by atoms with Crippen LogP contribution in [-0.4, -0.2) is 16.9 Å². The van der Waals surface area contributed by atoms with Crippen LogP contribution in [0, 0.1) is 6.92 Å². The van der Waals surface area contributed by atoms with E-state index in [4.69, 9.17) is 10.5 Å². The van der Waals surface area contributed by atoms with Gasteiger partial charge in [0.1, 0.15) is 5.75 Å². The number of ether oxygens (including phenoxy) is 1. The highest BCUT2D eigenvalue weighted by molar-refractivity contribution is 5.32. The first-order valence-corrected chi connectivity index (χ1v) is 6.35. The smallest absolute Gasteiger partial charge is 0.118 e. The molecule has 4 heteroatoms. The molecule has 0 fully saturated rings. The van der Waals surface area contributed by atoms with Crippen molar-refractivity contribution in [2.45, 2.75) is 25.8 Å². The molecule has 0 spiro atoms. The first-order chi connectivity index (χ1) is 8.92. The van der Waals surface area contributed by atoms with Crippen molar-refractivity contribution in [1.82, 2.24) is 9.78 Å². The summed E-state index contributed by atoms with van der Waals surface area (Å²) in [5.74, 6) is 0.843. The summed E-state index contributed by atoms with van der Waals surface area (Å²) in [6.45, 7) is 4.03. The highest BCUT2D eigenvalue weighted by Crippen LogP contribution is 2.24. The lowest BCUT2D eigenvalue weighted by atomic mass is 9.88. The summed E-state index contributed by atoms with van der Waals surface area (Å²) in [5, 5.41) is 4.36. The van der Waals surface area contributed by atoms with Crippen LogP contribution >= 0.6 is 0 Å². The Balaban J connectivity index is 2.23. The number of nitrogens with zero attached hydrogens (tertiary/aromatic N) is 2. The van der Waals surface area contributed by atoms with E-state index in [0.29, 0.717) is 0 Å². The normalized spacial score (nSPS) is 14.2. The molecule has 102 valence electrons. The van der Waals surface area contributed by atoms with Gasteiger partial charge in [0.2, 0.25) is 0 Å². The van der Waals surface area contributed by atoms with Gasteiger partial charge in [-0.3, -0.25) is 4.68 Å². The second-order valence-corrected chi connectivity index (χ2v) is 5.22. The zero-order valence-electron chi connectivity index (χ0n) is 12.0. The van der Waals surface area contributed by atoms with E-state index in [9.17, 15) is 0 Å². The van der Waals surface area contributed by atoms with Crippen molar-refractivity contribution in [2.75, 3.05) is 7.11 Å². The van der Waals surface area contributed by atoms with E-state index < -0.39 is 5.54 Å². The third kappa shape index (κ3) is 2.96. The Morgan fingerprint density at radius 1 is 1.32 bits per heavy atom. The van der Waals surface area contributed by atoms with E-state index in [1.165, 1.54) is 0 Å². The third-order valence-electron chi connectivity index (χ3n) is 3.40. The predicted molar refractivity (Wildman–Crippen MR) is 76.2 cm³/mol.